The molecule has 8 heteroatoms. The molecule has 2 aliphatic rings. The van der Waals surface area contributed by atoms with Gasteiger partial charge >= 0.3 is 5.97 Å². The van der Waals surface area contributed by atoms with E-state index in [1.54, 1.807) is 6.92 Å². The summed E-state index contributed by atoms with van der Waals surface area (Å²) in [4.78, 5) is 22.8. The number of hydrogen-bond acceptors (Lipinski definition) is 7. The first-order valence-corrected chi connectivity index (χ1v) is 9.55. The van der Waals surface area contributed by atoms with Crippen LogP contribution >= 0.6 is 0 Å². The van der Waals surface area contributed by atoms with Gasteiger partial charge in [-0.25, -0.2) is 0 Å². The molecule has 1 heterocycles. The molecular formula is C19H30O8. The second-order valence-electron chi connectivity index (χ2n) is 7.26. The Hall–Kier alpha value is -1.32. The first kappa shape index (κ1) is 22.0. The molecule has 27 heavy (non-hydrogen) atoms. The molecule has 0 aromatic carbocycles. The second-order valence-corrected chi connectivity index (χ2v) is 7.26. The number of aliphatic carboxylic acids is 1. The number of rotatable bonds is 9. The van der Waals surface area contributed by atoms with E-state index in [-0.39, 0.29) is 30.6 Å². The molecule has 2 fully saturated rings. The van der Waals surface area contributed by atoms with Gasteiger partial charge in [0.2, 0.25) is 0 Å². The first-order chi connectivity index (χ1) is 12.8. The minimum atomic E-state index is -1.32. The lowest BCUT2D eigenvalue weighted by atomic mass is 9.89. The molecule has 2 rings (SSSR count). The summed E-state index contributed by atoms with van der Waals surface area (Å²) in [6.45, 7) is 2.05. The third-order valence-corrected chi connectivity index (χ3v) is 5.38. The number of ketones is 1. The number of carboxylic acid groups (broad SMARTS) is 1. The Morgan fingerprint density at radius 1 is 1.22 bits per heavy atom. The molecular weight excluding hydrogens is 356 g/mol. The molecule has 8 nitrogen and oxygen atoms in total. The summed E-state index contributed by atoms with van der Waals surface area (Å²) in [6, 6.07) is 0. The summed E-state index contributed by atoms with van der Waals surface area (Å²) in [5.41, 5.74) is 0. The van der Waals surface area contributed by atoms with Crippen molar-refractivity contribution in [2.24, 2.45) is 11.8 Å². The summed E-state index contributed by atoms with van der Waals surface area (Å²) < 4.78 is 11.0. The van der Waals surface area contributed by atoms with Crippen molar-refractivity contribution < 1.29 is 39.5 Å². The molecule has 1 aliphatic carbocycles. The molecule has 0 unspecified atom stereocenters. The van der Waals surface area contributed by atoms with Crippen LogP contribution in [0.5, 0.6) is 0 Å². The van der Waals surface area contributed by atoms with Crippen molar-refractivity contribution in [3.8, 4) is 0 Å². The maximum Gasteiger partial charge on any atom is 0.303 e. The predicted octanol–water partition coefficient (Wildman–Crippen LogP) is 0.627. The standard InChI is InChI=1S/C19H30O8/c1-2-14-16(23)17(24)18(25)19(27-14)26-9-5-3-4-6-12-11(10-15(21)22)7-8-13(12)20/h3-4,11-12,14,16-19,23-25H,2,5-10H2,1H3,(H,21,22)/b4-3-/t11-,12-,14-,16-,17+,18-,19-/m1/s1. The number of Topliss-reactive ketones (excluding diaryl/α,β-unsaturated/α-hetero) is 1. The van der Waals surface area contributed by atoms with Gasteiger partial charge in [-0.05, 0) is 31.6 Å². The van der Waals surface area contributed by atoms with Crippen molar-refractivity contribution in [2.45, 2.75) is 76.2 Å². The highest BCUT2D eigenvalue weighted by molar-refractivity contribution is 5.84. The Labute approximate surface area is 158 Å². The molecule has 1 aliphatic heterocycles. The van der Waals surface area contributed by atoms with Crippen molar-refractivity contribution >= 4 is 11.8 Å². The maximum absolute atomic E-state index is 11.9. The largest absolute Gasteiger partial charge is 0.481 e. The van der Waals surface area contributed by atoms with Crippen LogP contribution in [-0.4, -0.2) is 69.5 Å². The number of carboxylic acids is 1. The highest BCUT2D eigenvalue weighted by Gasteiger charge is 2.43. The molecule has 1 saturated heterocycles. The number of allylic oxidation sites excluding steroid dienone is 1. The molecule has 4 N–H and O–H groups in total. The number of carbonyl (C=O) groups excluding carboxylic acids is 1. The Morgan fingerprint density at radius 3 is 2.63 bits per heavy atom. The topological polar surface area (TPSA) is 134 Å². The second kappa shape index (κ2) is 10.3. The Kier molecular flexibility index (Phi) is 8.37. The smallest absolute Gasteiger partial charge is 0.303 e. The first-order valence-electron chi connectivity index (χ1n) is 9.55. The number of aliphatic hydroxyl groups is 3. The van der Waals surface area contributed by atoms with Gasteiger partial charge in [-0.2, -0.15) is 0 Å². The number of aliphatic hydroxyl groups excluding tert-OH is 3. The summed E-state index contributed by atoms with van der Waals surface area (Å²) in [7, 11) is 0. The Balaban J connectivity index is 1.73. The average Bonchev–Trinajstić information content (AvgIpc) is 2.96. The fraction of sp³-hybridized carbons (Fsp3) is 0.789. The summed E-state index contributed by atoms with van der Waals surface area (Å²) in [5.74, 6) is -1.08. The zero-order valence-electron chi connectivity index (χ0n) is 15.6. The monoisotopic (exact) mass is 386 g/mol. The van der Waals surface area contributed by atoms with E-state index in [0.717, 1.165) is 0 Å². The number of hydrogen-bond donors (Lipinski definition) is 4. The SMILES string of the molecule is CC[C@H]1O[C@@H](OCC/C=C\C[C@H]2C(=O)CC[C@@H]2CC(=O)O)[C@H](O)[C@@H](O)[C@@H]1O. The van der Waals surface area contributed by atoms with Gasteiger partial charge < -0.3 is 29.9 Å². The van der Waals surface area contributed by atoms with Gasteiger partial charge in [0, 0.05) is 18.8 Å². The minimum absolute atomic E-state index is 0.0248. The maximum atomic E-state index is 11.9. The Morgan fingerprint density at radius 2 is 1.96 bits per heavy atom. The van der Waals surface area contributed by atoms with Crippen LogP contribution in [-0.2, 0) is 19.1 Å². The van der Waals surface area contributed by atoms with Crippen molar-refractivity contribution in [3.63, 3.8) is 0 Å². The minimum Gasteiger partial charge on any atom is -0.481 e. The van der Waals surface area contributed by atoms with E-state index >= 15 is 0 Å². The molecule has 154 valence electrons. The van der Waals surface area contributed by atoms with Crippen molar-refractivity contribution in [1.29, 1.82) is 0 Å². The zero-order chi connectivity index (χ0) is 20.0. The third kappa shape index (κ3) is 5.83. The van der Waals surface area contributed by atoms with Crippen LogP contribution in [0.2, 0.25) is 0 Å². The van der Waals surface area contributed by atoms with Gasteiger partial charge in [0.15, 0.2) is 6.29 Å². The quantitative estimate of drug-likeness (QED) is 0.335. The third-order valence-electron chi connectivity index (χ3n) is 5.38. The van der Waals surface area contributed by atoms with Crippen LogP contribution < -0.4 is 0 Å². The fourth-order valence-corrected chi connectivity index (χ4v) is 3.77. The average molecular weight is 386 g/mol. The van der Waals surface area contributed by atoms with E-state index in [2.05, 4.69) is 0 Å². The zero-order valence-corrected chi connectivity index (χ0v) is 15.6. The predicted molar refractivity (Wildman–Crippen MR) is 94.8 cm³/mol. The van der Waals surface area contributed by atoms with Crippen molar-refractivity contribution in [1.82, 2.24) is 0 Å². The Bertz CT molecular complexity index is 532. The van der Waals surface area contributed by atoms with Crippen molar-refractivity contribution in [3.05, 3.63) is 12.2 Å². The van der Waals surface area contributed by atoms with Crippen LogP contribution in [0.25, 0.3) is 0 Å². The van der Waals surface area contributed by atoms with E-state index in [1.807, 2.05) is 12.2 Å². The molecule has 0 amide bonds. The molecule has 0 radical (unpaired) electrons. The summed E-state index contributed by atoms with van der Waals surface area (Å²) >= 11 is 0. The normalized spacial score (nSPS) is 37.2. The lowest BCUT2D eigenvalue weighted by Crippen LogP contribution is -2.58. The van der Waals surface area contributed by atoms with Gasteiger partial charge in [-0.15, -0.1) is 0 Å². The molecule has 0 bridgehead atoms. The van der Waals surface area contributed by atoms with E-state index < -0.39 is 36.7 Å². The van der Waals surface area contributed by atoms with Gasteiger partial charge in [0.1, 0.15) is 24.1 Å². The lowest BCUT2D eigenvalue weighted by Gasteiger charge is -2.40. The molecule has 0 spiro atoms. The molecule has 1 saturated carbocycles. The van der Waals surface area contributed by atoms with Gasteiger partial charge in [0.25, 0.3) is 0 Å². The highest BCUT2D eigenvalue weighted by atomic mass is 16.7. The highest BCUT2D eigenvalue weighted by Crippen LogP contribution is 2.34. The van der Waals surface area contributed by atoms with Gasteiger partial charge in [0.05, 0.1) is 12.7 Å². The van der Waals surface area contributed by atoms with Crippen LogP contribution in [0, 0.1) is 11.8 Å². The van der Waals surface area contributed by atoms with Crippen LogP contribution in [0.3, 0.4) is 0 Å². The molecule has 7 atom stereocenters. The van der Waals surface area contributed by atoms with Gasteiger partial charge in [-0.3, -0.25) is 9.59 Å². The molecule has 0 aromatic rings. The van der Waals surface area contributed by atoms with Gasteiger partial charge in [-0.1, -0.05) is 19.1 Å². The van der Waals surface area contributed by atoms with Crippen LogP contribution in [0.1, 0.15) is 45.4 Å². The number of ether oxygens (including phenoxy) is 2. The van der Waals surface area contributed by atoms with Crippen LogP contribution in [0.15, 0.2) is 12.2 Å². The summed E-state index contributed by atoms with van der Waals surface area (Å²) in [6.07, 6.45) is 0.958. The van der Waals surface area contributed by atoms with E-state index in [9.17, 15) is 24.9 Å². The van der Waals surface area contributed by atoms with E-state index in [1.165, 1.54) is 0 Å². The summed E-state index contributed by atoms with van der Waals surface area (Å²) in [5, 5.41) is 38.5. The van der Waals surface area contributed by atoms with Crippen LogP contribution in [0.4, 0.5) is 0 Å². The van der Waals surface area contributed by atoms with E-state index in [0.29, 0.717) is 32.1 Å². The van der Waals surface area contributed by atoms with E-state index in [4.69, 9.17) is 14.6 Å². The number of carbonyl (C=O) groups is 2. The van der Waals surface area contributed by atoms with Crippen molar-refractivity contribution in [2.75, 3.05) is 6.61 Å². The fourth-order valence-electron chi connectivity index (χ4n) is 3.77. The lowest BCUT2D eigenvalue weighted by molar-refractivity contribution is -0.296. The molecule has 0 aromatic heterocycles.